The summed E-state index contributed by atoms with van der Waals surface area (Å²) in [6.45, 7) is 1.83. The zero-order valence-corrected chi connectivity index (χ0v) is 28.9. The number of carbonyl (C=O) groups is 3. The molecule has 0 saturated heterocycles. The van der Waals surface area contributed by atoms with Gasteiger partial charge < -0.3 is 9.11 Å². The van der Waals surface area contributed by atoms with Gasteiger partial charge in [-0.25, -0.2) is 13.0 Å². The second-order valence-corrected chi connectivity index (χ2v) is 15.4. The quantitative estimate of drug-likeness (QED) is 0.122. The van der Waals surface area contributed by atoms with Crippen molar-refractivity contribution in [1.29, 1.82) is 0 Å². The van der Waals surface area contributed by atoms with Crippen molar-refractivity contribution < 1.29 is 36.5 Å². The Balaban J connectivity index is 1.39. The minimum Gasteiger partial charge on any atom is -0.304 e. The molecule has 9 heteroatoms. The molecule has 0 aliphatic carbocycles. The molecule has 6 nitrogen and oxygen atoms in total. The molecular weight excluding hydrogens is 683 g/mol. The molecule has 52 heavy (non-hydrogen) atoms. The molecule has 0 spiro atoms. The molecule has 0 saturated carbocycles. The fourth-order valence-corrected chi connectivity index (χ4v) is 7.65. The van der Waals surface area contributed by atoms with Crippen LogP contribution in [0.3, 0.4) is 0 Å². The van der Waals surface area contributed by atoms with E-state index in [4.69, 9.17) is 0 Å². The van der Waals surface area contributed by atoms with Crippen molar-refractivity contribution in [2.45, 2.75) is 24.7 Å². The first-order valence-corrected chi connectivity index (χ1v) is 18.6. The van der Waals surface area contributed by atoms with Crippen LogP contribution in [0.25, 0.3) is 22.3 Å². The molecule has 2 N–H and O–H groups in total. The van der Waals surface area contributed by atoms with E-state index in [9.17, 15) is 36.5 Å². The van der Waals surface area contributed by atoms with Crippen molar-refractivity contribution in [3.63, 3.8) is 0 Å². The van der Waals surface area contributed by atoms with Crippen molar-refractivity contribution in [1.82, 2.24) is 0 Å². The summed E-state index contributed by atoms with van der Waals surface area (Å²) in [6, 6.07) is 34.7. The highest BCUT2D eigenvalue weighted by Crippen LogP contribution is 2.34. The van der Waals surface area contributed by atoms with Crippen molar-refractivity contribution in [3.05, 3.63) is 185 Å². The highest BCUT2D eigenvalue weighted by Gasteiger charge is 2.33. The zero-order valence-electron chi connectivity index (χ0n) is 28.1. The van der Waals surface area contributed by atoms with Gasteiger partial charge >= 0.3 is 0 Å². The van der Waals surface area contributed by atoms with Gasteiger partial charge in [-0.2, -0.15) is 0 Å². The van der Waals surface area contributed by atoms with E-state index in [1.165, 1.54) is 72.8 Å². The largest absolute Gasteiger partial charge is 0.304 e. The van der Waals surface area contributed by atoms with Crippen LogP contribution in [0.5, 0.6) is 0 Å². The average molecular weight is 717 g/mol. The van der Waals surface area contributed by atoms with Gasteiger partial charge in [0.25, 0.3) is 0 Å². The summed E-state index contributed by atoms with van der Waals surface area (Å²) >= 11 is 0. The first kappa shape index (κ1) is 36.1. The van der Waals surface area contributed by atoms with Crippen LogP contribution in [0.4, 0.5) is 8.78 Å². The highest BCUT2D eigenvalue weighted by molar-refractivity contribution is 8.10. The van der Waals surface area contributed by atoms with E-state index in [0.29, 0.717) is 57.3 Å². The molecule has 0 amide bonds. The average Bonchev–Trinajstić information content (AvgIpc) is 3.17. The Morgan fingerprint density at radius 1 is 0.538 bits per heavy atom. The van der Waals surface area contributed by atoms with Gasteiger partial charge in [0, 0.05) is 33.4 Å². The molecule has 0 bridgehead atoms. The Hall–Kier alpha value is -5.74. The SMILES string of the molecule is CCCCS(=O)(O)(O)c1cccc(C(=O)c2cc(-c3ccc(C(=O)c4ccc(F)cc4)cc3)ccc2-c2ccc(C(=O)c3ccc(F)cc3)cc2)c1. The lowest BCUT2D eigenvalue weighted by Crippen LogP contribution is -2.35. The number of carbonyl (C=O) groups excluding carboxylic acids is 3. The van der Waals surface area contributed by atoms with Crippen molar-refractivity contribution >= 4 is 27.0 Å². The molecule has 6 aromatic rings. The van der Waals surface area contributed by atoms with E-state index in [-0.39, 0.29) is 33.3 Å². The first-order chi connectivity index (χ1) is 24.8. The minimum atomic E-state index is -5.21. The molecular formula is C43H34F2O6S. The Morgan fingerprint density at radius 2 is 1.00 bits per heavy atom. The third kappa shape index (κ3) is 7.77. The summed E-state index contributed by atoms with van der Waals surface area (Å²) in [4.78, 5) is 40.1. The van der Waals surface area contributed by atoms with Crippen LogP contribution in [-0.4, -0.2) is 36.4 Å². The summed E-state index contributed by atoms with van der Waals surface area (Å²) in [6.07, 6.45) is 0.886. The maximum absolute atomic E-state index is 14.3. The topological polar surface area (TPSA) is 109 Å². The molecule has 0 aliphatic rings. The summed E-state index contributed by atoms with van der Waals surface area (Å²) in [7, 11) is -5.21. The Morgan fingerprint density at radius 3 is 1.50 bits per heavy atom. The number of unbranched alkanes of at least 4 members (excludes halogenated alkanes) is 1. The first-order valence-electron chi connectivity index (χ1n) is 16.6. The van der Waals surface area contributed by atoms with Crippen LogP contribution >= 0.6 is 0 Å². The molecule has 0 fully saturated rings. The van der Waals surface area contributed by atoms with Crippen LogP contribution in [-0.2, 0) is 9.63 Å². The lowest BCUT2D eigenvalue weighted by molar-refractivity contribution is 0.103. The van der Waals surface area contributed by atoms with Crippen molar-refractivity contribution in [2.75, 3.05) is 5.75 Å². The number of benzene rings is 6. The Bertz CT molecular complexity index is 2360. The van der Waals surface area contributed by atoms with E-state index < -0.39 is 27.0 Å². The van der Waals surface area contributed by atoms with Crippen LogP contribution in [0.1, 0.15) is 67.5 Å². The fraction of sp³-hybridized carbons (Fsp3) is 0.0930. The number of rotatable bonds is 12. The fourth-order valence-electron chi connectivity index (χ4n) is 5.88. The van der Waals surface area contributed by atoms with Gasteiger partial charge in [0.15, 0.2) is 17.3 Å². The molecule has 0 heterocycles. The number of hydrogen-bond donors (Lipinski definition) is 2. The minimum absolute atomic E-state index is 0.0812. The van der Waals surface area contributed by atoms with Gasteiger partial charge in [-0.3, -0.25) is 14.4 Å². The number of hydrogen-bond acceptors (Lipinski definition) is 4. The lowest BCUT2D eigenvalue weighted by atomic mass is 9.89. The van der Waals surface area contributed by atoms with Crippen molar-refractivity contribution in [3.8, 4) is 22.3 Å². The van der Waals surface area contributed by atoms with Crippen LogP contribution in [0.2, 0.25) is 0 Å². The van der Waals surface area contributed by atoms with Gasteiger partial charge in [-0.1, -0.05) is 86.1 Å². The predicted molar refractivity (Wildman–Crippen MR) is 198 cm³/mol. The van der Waals surface area contributed by atoms with Gasteiger partial charge in [-0.15, -0.1) is 0 Å². The lowest BCUT2D eigenvalue weighted by Gasteiger charge is -2.31. The predicted octanol–water partition coefficient (Wildman–Crippen LogP) is 9.92. The normalized spacial score (nSPS) is 12.1. The molecule has 6 aromatic carbocycles. The molecule has 0 aromatic heterocycles. The summed E-state index contributed by atoms with van der Waals surface area (Å²) in [5.74, 6) is -2.32. The second-order valence-electron chi connectivity index (χ2n) is 12.5. The molecule has 0 unspecified atom stereocenters. The monoisotopic (exact) mass is 716 g/mol. The van der Waals surface area contributed by atoms with Gasteiger partial charge in [0.05, 0.1) is 10.6 Å². The van der Waals surface area contributed by atoms with Gasteiger partial charge in [0.2, 0.25) is 0 Å². The van der Waals surface area contributed by atoms with Crippen LogP contribution in [0.15, 0.2) is 144 Å². The number of ketones is 3. The maximum Gasteiger partial charge on any atom is 0.193 e. The van der Waals surface area contributed by atoms with E-state index in [0.717, 1.165) is 0 Å². The number of halogens is 2. The summed E-state index contributed by atoms with van der Waals surface area (Å²) < 4.78 is 61.7. The highest BCUT2D eigenvalue weighted by atomic mass is 32.3. The van der Waals surface area contributed by atoms with Crippen LogP contribution in [0, 0.1) is 11.6 Å². The summed E-state index contributed by atoms with van der Waals surface area (Å²) in [5.41, 5.74) is 4.19. The van der Waals surface area contributed by atoms with E-state index in [2.05, 4.69) is 0 Å². The van der Waals surface area contributed by atoms with E-state index >= 15 is 0 Å². The van der Waals surface area contributed by atoms with Gasteiger partial charge in [0.1, 0.15) is 21.3 Å². The third-order valence-corrected chi connectivity index (χ3v) is 11.1. The smallest absolute Gasteiger partial charge is 0.193 e. The maximum atomic E-state index is 14.3. The second kappa shape index (κ2) is 14.5. The van der Waals surface area contributed by atoms with Crippen LogP contribution < -0.4 is 0 Å². The van der Waals surface area contributed by atoms with Gasteiger partial charge in [-0.05, 0) is 95.4 Å². The Labute approximate surface area is 299 Å². The Kier molecular flexibility index (Phi) is 10.0. The molecule has 6 rings (SSSR count). The molecule has 0 atom stereocenters. The standard InChI is InChI=1S/C43H34F2O6S/c1-2-3-25-52(49,50,51)38-6-4-5-35(26-38)43(48)40-27-34(28-7-11-30(12-8-28)41(46)32-15-20-36(44)21-16-32)19-24-39(40)29-9-13-31(14-10-29)42(47)33-17-22-37(45)23-18-33/h4-24,26-27H,2-3,25H2,1H3,(H2,49,50,51). The zero-order chi connectivity index (χ0) is 37.1. The van der Waals surface area contributed by atoms with E-state index in [1.807, 2.05) is 13.0 Å². The van der Waals surface area contributed by atoms with Crippen molar-refractivity contribution in [2.24, 2.45) is 0 Å². The summed E-state index contributed by atoms with van der Waals surface area (Å²) in [5, 5.41) is 0. The third-order valence-electron chi connectivity index (χ3n) is 8.85. The molecule has 262 valence electrons. The molecule has 0 aliphatic heterocycles. The van der Waals surface area contributed by atoms with E-state index in [1.54, 1.807) is 60.7 Å². The molecule has 0 radical (unpaired) electrons.